The van der Waals surface area contributed by atoms with Crippen LogP contribution in [0.2, 0.25) is 0 Å². The van der Waals surface area contributed by atoms with E-state index in [4.69, 9.17) is 0 Å². The Labute approximate surface area is 120 Å². The highest BCUT2D eigenvalue weighted by atomic mass is 32.2. The minimum atomic E-state index is -0.335. The molecule has 0 bridgehead atoms. The van der Waals surface area contributed by atoms with Gasteiger partial charge < -0.3 is 4.57 Å². The largest absolute Gasteiger partial charge is 0.332 e. The Morgan fingerprint density at radius 2 is 1.70 bits per heavy atom. The van der Waals surface area contributed by atoms with E-state index in [1.807, 2.05) is 11.6 Å². The second kappa shape index (κ2) is 4.80. The summed E-state index contributed by atoms with van der Waals surface area (Å²) in [5.74, 6) is 0. The lowest BCUT2D eigenvalue weighted by atomic mass is 10.4. The van der Waals surface area contributed by atoms with E-state index in [0.717, 1.165) is 9.72 Å². The molecule has 0 aliphatic heterocycles. The fourth-order valence-corrected chi connectivity index (χ4v) is 4.01. The second-order valence-electron chi connectivity index (χ2n) is 5.36. The first-order valence-electron chi connectivity index (χ1n) is 6.80. The number of thioether (sulfide) groups is 1. The molecule has 7 heteroatoms. The standard InChI is InChI=1S/C13H18N4O2S/c1-15-9-10(16(2)13(19)17(3)11(9)18)14-12(15)20-8-6-4-5-7-8/h8H,4-7H2,1-3H3. The molecule has 1 aliphatic rings. The Balaban J connectivity index is 2.19. The molecule has 1 fully saturated rings. The molecule has 0 saturated heterocycles. The van der Waals surface area contributed by atoms with Crippen LogP contribution in [-0.4, -0.2) is 23.9 Å². The third-order valence-corrected chi connectivity index (χ3v) is 5.39. The molecule has 108 valence electrons. The molecule has 20 heavy (non-hydrogen) atoms. The van der Waals surface area contributed by atoms with Gasteiger partial charge in [-0.05, 0) is 12.8 Å². The molecular weight excluding hydrogens is 276 g/mol. The molecule has 0 spiro atoms. The van der Waals surface area contributed by atoms with Crippen LogP contribution >= 0.6 is 11.8 Å². The van der Waals surface area contributed by atoms with Crippen molar-refractivity contribution in [1.82, 2.24) is 18.7 Å². The Bertz CT molecular complexity index is 780. The van der Waals surface area contributed by atoms with Gasteiger partial charge >= 0.3 is 5.69 Å². The van der Waals surface area contributed by atoms with E-state index in [1.54, 1.807) is 18.8 Å². The molecule has 6 nitrogen and oxygen atoms in total. The van der Waals surface area contributed by atoms with Crippen molar-refractivity contribution in [2.75, 3.05) is 0 Å². The maximum Gasteiger partial charge on any atom is 0.332 e. The van der Waals surface area contributed by atoms with Crippen molar-refractivity contribution in [3.05, 3.63) is 20.8 Å². The maximum absolute atomic E-state index is 12.3. The Morgan fingerprint density at radius 1 is 1.05 bits per heavy atom. The highest BCUT2D eigenvalue weighted by molar-refractivity contribution is 7.99. The number of fused-ring (bicyclic) bond motifs is 1. The Morgan fingerprint density at radius 3 is 2.35 bits per heavy atom. The number of nitrogens with zero attached hydrogens (tertiary/aromatic N) is 4. The van der Waals surface area contributed by atoms with Crippen molar-refractivity contribution in [3.8, 4) is 0 Å². The topological polar surface area (TPSA) is 61.8 Å². The van der Waals surface area contributed by atoms with Gasteiger partial charge in [0.05, 0.1) is 0 Å². The molecule has 0 amide bonds. The van der Waals surface area contributed by atoms with Crippen molar-refractivity contribution in [2.24, 2.45) is 21.1 Å². The van der Waals surface area contributed by atoms with Crippen LogP contribution in [0.15, 0.2) is 14.7 Å². The molecule has 0 N–H and O–H groups in total. The zero-order chi connectivity index (χ0) is 14.4. The lowest BCUT2D eigenvalue weighted by Gasteiger charge is -2.07. The van der Waals surface area contributed by atoms with Gasteiger partial charge in [0, 0.05) is 26.4 Å². The van der Waals surface area contributed by atoms with Gasteiger partial charge in [0.2, 0.25) is 0 Å². The quantitative estimate of drug-likeness (QED) is 0.829. The van der Waals surface area contributed by atoms with Gasteiger partial charge in [0.25, 0.3) is 5.56 Å². The van der Waals surface area contributed by atoms with Crippen LogP contribution < -0.4 is 11.2 Å². The van der Waals surface area contributed by atoms with Crippen LogP contribution in [0, 0.1) is 0 Å². The van der Waals surface area contributed by atoms with Crippen LogP contribution in [0.5, 0.6) is 0 Å². The molecule has 3 rings (SSSR count). The zero-order valence-electron chi connectivity index (χ0n) is 11.9. The third-order valence-electron chi connectivity index (χ3n) is 4.01. The monoisotopic (exact) mass is 294 g/mol. The van der Waals surface area contributed by atoms with Crippen LogP contribution in [0.4, 0.5) is 0 Å². The number of hydrogen-bond donors (Lipinski definition) is 0. The summed E-state index contributed by atoms with van der Waals surface area (Å²) in [4.78, 5) is 28.7. The summed E-state index contributed by atoms with van der Waals surface area (Å²) < 4.78 is 4.39. The van der Waals surface area contributed by atoms with Crippen LogP contribution in [0.3, 0.4) is 0 Å². The molecule has 0 atom stereocenters. The number of imidazole rings is 1. The smallest absolute Gasteiger partial charge is 0.316 e. The summed E-state index contributed by atoms with van der Waals surface area (Å²) in [5, 5.41) is 1.40. The fraction of sp³-hybridized carbons (Fsp3) is 0.615. The number of rotatable bonds is 2. The van der Waals surface area contributed by atoms with Crippen LogP contribution in [0.1, 0.15) is 25.7 Å². The van der Waals surface area contributed by atoms with Crippen molar-refractivity contribution in [3.63, 3.8) is 0 Å². The molecule has 2 aromatic heterocycles. The van der Waals surface area contributed by atoms with E-state index >= 15 is 0 Å². The van der Waals surface area contributed by atoms with Gasteiger partial charge in [-0.1, -0.05) is 24.6 Å². The van der Waals surface area contributed by atoms with Crippen molar-refractivity contribution in [1.29, 1.82) is 0 Å². The van der Waals surface area contributed by atoms with Gasteiger partial charge in [-0.15, -0.1) is 0 Å². The first-order chi connectivity index (χ1) is 9.50. The highest BCUT2D eigenvalue weighted by Gasteiger charge is 2.22. The average molecular weight is 294 g/mol. The first-order valence-corrected chi connectivity index (χ1v) is 7.67. The summed E-state index contributed by atoms with van der Waals surface area (Å²) in [6.07, 6.45) is 4.93. The number of hydrogen-bond acceptors (Lipinski definition) is 4. The van der Waals surface area contributed by atoms with E-state index in [-0.39, 0.29) is 11.2 Å². The summed E-state index contributed by atoms with van der Waals surface area (Å²) >= 11 is 1.72. The SMILES string of the molecule is Cn1c(=O)c2c(nc(SC3CCCC3)n2C)n(C)c1=O. The molecule has 1 aliphatic carbocycles. The molecule has 1 saturated carbocycles. The van der Waals surface area contributed by atoms with E-state index in [9.17, 15) is 9.59 Å². The molecule has 0 radical (unpaired) electrons. The number of aromatic nitrogens is 4. The second-order valence-corrected chi connectivity index (χ2v) is 6.62. The van der Waals surface area contributed by atoms with Gasteiger partial charge in [0.1, 0.15) is 0 Å². The Hall–Kier alpha value is -1.50. The first kappa shape index (κ1) is 13.5. The van der Waals surface area contributed by atoms with E-state index < -0.39 is 0 Å². The lowest BCUT2D eigenvalue weighted by molar-refractivity contribution is 0.705. The van der Waals surface area contributed by atoms with Crippen molar-refractivity contribution >= 4 is 22.9 Å². The van der Waals surface area contributed by atoms with Gasteiger partial charge in [-0.3, -0.25) is 13.9 Å². The summed E-state index contributed by atoms with van der Waals surface area (Å²) in [5.41, 5.74) is 0.352. The highest BCUT2D eigenvalue weighted by Crippen LogP contribution is 2.34. The molecule has 2 heterocycles. The van der Waals surface area contributed by atoms with E-state index in [2.05, 4.69) is 4.98 Å². The summed E-state index contributed by atoms with van der Waals surface area (Å²) in [6, 6.07) is 0. The van der Waals surface area contributed by atoms with Gasteiger partial charge in [-0.2, -0.15) is 0 Å². The lowest BCUT2D eigenvalue weighted by Crippen LogP contribution is -2.37. The molecule has 0 unspecified atom stereocenters. The molecular formula is C13H18N4O2S. The van der Waals surface area contributed by atoms with E-state index in [0.29, 0.717) is 16.4 Å². The summed E-state index contributed by atoms with van der Waals surface area (Å²) in [6.45, 7) is 0. The minimum absolute atomic E-state index is 0.281. The molecule has 2 aromatic rings. The zero-order valence-corrected chi connectivity index (χ0v) is 12.7. The van der Waals surface area contributed by atoms with E-state index in [1.165, 1.54) is 37.3 Å². The van der Waals surface area contributed by atoms with Crippen molar-refractivity contribution in [2.45, 2.75) is 36.1 Å². The minimum Gasteiger partial charge on any atom is -0.316 e. The number of aryl methyl sites for hydroxylation is 2. The predicted octanol–water partition coefficient (Wildman–Crippen LogP) is 1.01. The maximum atomic E-state index is 12.3. The van der Waals surface area contributed by atoms with Crippen LogP contribution in [-0.2, 0) is 21.1 Å². The third kappa shape index (κ3) is 1.91. The summed E-state index contributed by atoms with van der Waals surface area (Å²) in [7, 11) is 5.00. The normalized spacial score (nSPS) is 16.4. The average Bonchev–Trinajstić information content (AvgIpc) is 3.04. The molecule has 0 aromatic carbocycles. The predicted molar refractivity (Wildman–Crippen MR) is 79.3 cm³/mol. The van der Waals surface area contributed by atoms with Crippen LogP contribution in [0.25, 0.3) is 11.2 Å². The van der Waals surface area contributed by atoms with Gasteiger partial charge in [-0.25, -0.2) is 9.78 Å². The Kier molecular flexibility index (Phi) is 3.24. The fourth-order valence-electron chi connectivity index (χ4n) is 2.76. The van der Waals surface area contributed by atoms with Crippen molar-refractivity contribution < 1.29 is 0 Å². The van der Waals surface area contributed by atoms with Gasteiger partial charge in [0.15, 0.2) is 16.3 Å².